The maximum atomic E-state index is 13.3. The first-order valence-electron chi connectivity index (χ1n) is 8.67. The van der Waals surface area contributed by atoms with Crippen LogP contribution in [0.5, 0.6) is 0 Å². The summed E-state index contributed by atoms with van der Waals surface area (Å²) in [7, 11) is 1.74. The number of benzene rings is 1. The van der Waals surface area contributed by atoms with Gasteiger partial charge >= 0.3 is 6.09 Å². The van der Waals surface area contributed by atoms with E-state index in [9.17, 15) is 19.1 Å². The second-order valence-electron chi connectivity index (χ2n) is 6.50. The monoisotopic (exact) mass is 403 g/mol. The van der Waals surface area contributed by atoms with Crippen LogP contribution in [0.1, 0.15) is 41.0 Å². The molecule has 1 aromatic carbocycles. The average Bonchev–Trinajstić information content (AvgIpc) is 3.16. The van der Waals surface area contributed by atoms with Crippen LogP contribution in [0, 0.1) is 17.7 Å². The number of carbonyl (C=O) groups excluding carboxylic acids is 1. The van der Waals surface area contributed by atoms with E-state index in [0.29, 0.717) is 24.2 Å². The Balaban J connectivity index is 1.89. The van der Waals surface area contributed by atoms with E-state index < -0.39 is 11.9 Å². The molecule has 0 saturated carbocycles. The smallest absolute Gasteiger partial charge is 0.408 e. The number of nitrogens with zero attached hydrogens (tertiary/aromatic N) is 2. The van der Waals surface area contributed by atoms with Crippen molar-refractivity contribution in [1.82, 2.24) is 9.47 Å². The number of aryl methyl sites for hydroxylation is 1. The molecule has 1 atom stereocenters. The fraction of sp³-hybridized carbons (Fsp3) is 0.300. The Labute approximate surface area is 166 Å². The van der Waals surface area contributed by atoms with Crippen molar-refractivity contribution in [3.05, 3.63) is 52.1 Å². The summed E-state index contributed by atoms with van der Waals surface area (Å²) >= 11 is 5.77. The van der Waals surface area contributed by atoms with Gasteiger partial charge in [-0.15, -0.1) is 5.92 Å². The minimum Gasteiger partial charge on any atom is -0.465 e. The molecule has 2 aromatic rings. The van der Waals surface area contributed by atoms with Gasteiger partial charge in [-0.3, -0.25) is 9.69 Å². The highest BCUT2D eigenvalue weighted by atomic mass is 35.5. The summed E-state index contributed by atoms with van der Waals surface area (Å²) < 4.78 is 15.0. The van der Waals surface area contributed by atoms with Crippen LogP contribution in [0.25, 0.3) is 0 Å². The molecule has 2 amide bonds. The number of hydrogen-bond donors (Lipinski definition) is 2. The number of anilines is 1. The van der Waals surface area contributed by atoms with Crippen LogP contribution in [-0.4, -0.2) is 33.1 Å². The third-order valence-electron chi connectivity index (χ3n) is 4.79. The minimum absolute atomic E-state index is 0.0795. The van der Waals surface area contributed by atoms with Crippen molar-refractivity contribution in [3.63, 3.8) is 0 Å². The standard InChI is InChI=1S/C20H19ClFN3O3/c1-3-4-9-25(20(27)28)17-8-6-13-14(17)11-24(2)18(13)19(26)23-12-5-7-16(22)15(21)10-12/h5,7,10-11,17H,6,8-9H2,1-2H3,(H,23,26)(H,27,28). The summed E-state index contributed by atoms with van der Waals surface area (Å²) in [4.78, 5) is 25.8. The molecule has 28 heavy (non-hydrogen) atoms. The van der Waals surface area contributed by atoms with Crippen molar-refractivity contribution in [2.75, 3.05) is 11.9 Å². The van der Waals surface area contributed by atoms with Crippen molar-refractivity contribution in [1.29, 1.82) is 0 Å². The zero-order valence-corrected chi connectivity index (χ0v) is 16.2. The van der Waals surface area contributed by atoms with Crippen molar-refractivity contribution < 1.29 is 19.1 Å². The fourth-order valence-electron chi connectivity index (χ4n) is 3.55. The molecule has 0 fully saturated rings. The molecule has 2 N–H and O–H groups in total. The lowest BCUT2D eigenvalue weighted by Gasteiger charge is -2.24. The van der Waals surface area contributed by atoms with Crippen LogP contribution in [0.4, 0.5) is 14.9 Å². The van der Waals surface area contributed by atoms with Gasteiger partial charge in [-0.05, 0) is 49.1 Å². The highest BCUT2D eigenvalue weighted by molar-refractivity contribution is 6.31. The molecule has 146 valence electrons. The molecular weight excluding hydrogens is 385 g/mol. The highest BCUT2D eigenvalue weighted by Crippen LogP contribution is 2.38. The molecule has 1 aromatic heterocycles. The Kier molecular flexibility index (Phi) is 5.61. The zero-order valence-electron chi connectivity index (χ0n) is 15.4. The molecule has 1 heterocycles. The van der Waals surface area contributed by atoms with Gasteiger partial charge in [0.1, 0.15) is 11.5 Å². The Morgan fingerprint density at radius 3 is 2.86 bits per heavy atom. The maximum absolute atomic E-state index is 13.3. The van der Waals surface area contributed by atoms with Crippen molar-refractivity contribution in [2.24, 2.45) is 7.05 Å². The number of carboxylic acid groups (broad SMARTS) is 1. The van der Waals surface area contributed by atoms with Crippen molar-refractivity contribution >= 4 is 29.3 Å². The predicted molar refractivity (Wildman–Crippen MR) is 104 cm³/mol. The van der Waals surface area contributed by atoms with Gasteiger partial charge in [-0.2, -0.15) is 0 Å². The second kappa shape index (κ2) is 7.95. The lowest BCUT2D eigenvalue weighted by atomic mass is 10.1. The third-order valence-corrected chi connectivity index (χ3v) is 5.08. The summed E-state index contributed by atoms with van der Waals surface area (Å²) in [5, 5.41) is 12.2. The van der Waals surface area contributed by atoms with Crippen LogP contribution >= 0.6 is 11.6 Å². The van der Waals surface area contributed by atoms with Gasteiger partial charge in [-0.1, -0.05) is 17.5 Å². The first-order valence-corrected chi connectivity index (χ1v) is 9.05. The van der Waals surface area contributed by atoms with Gasteiger partial charge in [0, 0.05) is 18.9 Å². The van der Waals surface area contributed by atoms with Gasteiger partial charge in [0.15, 0.2) is 0 Å². The fourth-order valence-corrected chi connectivity index (χ4v) is 3.73. The van der Waals surface area contributed by atoms with E-state index in [0.717, 1.165) is 11.1 Å². The Bertz CT molecular complexity index is 1010. The number of carbonyl (C=O) groups is 2. The zero-order chi connectivity index (χ0) is 20.4. The van der Waals surface area contributed by atoms with Gasteiger partial charge in [-0.25, -0.2) is 9.18 Å². The van der Waals surface area contributed by atoms with Crippen LogP contribution in [0.15, 0.2) is 24.4 Å². The van der Waals surface area contributed by atoms with E-state index in [4.69, 9.17) is 11.6 Å². The molecular formula is C20H19ClFN3O3. The normalized spacial score (nSPS) is 14.8. The maximum Gasteiger partial charge on any atom is 0.408 e. The van der Waals surface area contributed by atoms with Gasteiger partial charge in [0.2, 0.25) is 0 Å². The Morgan fingerprint density at radius 1 is 1.46 bits per heavy atom. The number of rotatable bonds is 4. The summed E-state index contributed by atoms with van der Waals surface area (Å²) in [6.45, 7) is 1.77. The first kappa shape index (κ1) is 19.8. The second-order valence-corrected chi connectivity index (χ2v) is 6.90. The van der Waals surface area contributed by atoms with Gasteiger partial charge in [0.25, 0.3) is 5.91 Å². The van der Waals surface area contributed by atoms with Gasteiger partial charge in [0.05, 0.1) is 17.6 Å². The summed E-state index contributed by atoms with van der Waals surface area (Å²) in [6.07, 6.45) is 1.91. The first-order chi connectivity index (χ1) is 13.3. The molecule has 0 saturated heterocycles. The van der Waals surface area contributed by atoms with Crippen LogP contribution < -0.4 is 5.32 Å². The highest BCUT2D eigenvalue weighted by Gasteiger charge is 2.35. The summed E-state index contributed by atoms with van der Waals surface area (Å²) in [5.74, 6) is 4.58. The SMILES string of the molecule is CC#CCN(C(=O)O)C1CCc2c1cn(C)c2C(=O)Nc1ccc(F)c(Cl)c1. The lowest BCUT2D eigenvalue weighted by molar-refractivity contribution is 0.101. The Hall–Kier alpha value is -2.98. The third kappa shape index (κ3) is 3.69. The number of nitrogens with one attached hydrogen (secondary N) is 1. The van der Waals surface area contributed by atoms with E-state index in [1.807, 2.05) is 0 Å². The average molecular weight is 404 g/mol. The minimum atomic E-state index is -1.04. The predicted octanol–water partition coefficient (Wildman–Crippen LogP) is 4.06. The summed E-state index contributed by atoms with van der Waals surface area (Å²) in [5.41, 5.74) is 2.45. The number of fused-ring (bicyclic) bond motifs is 1. The van der Waals surface area contributed by atoms with E-state index in [1.54, 1.807) is 24.7 Å². The number of aromatic nitrogens is 1. The van der Waals surface area contributed by atoms with E-state index >= 15 is 0 Å². The van der Waals surface area contributed by atoms with Gasteiger partial charge < -0.3 is 15.0 Å². The number of halogens is 2. The molecule has 3 rings (SSSR count). The Morgan fingerprint density at radius 2 is 2.21 bits per heavy atom. The van der Waals surface area contributed by atoms with Crippen molar-refractivity contribution in [3.8, 4) is 11.8 Å². The van der Waals surface area contributed by atoms with Crippen LogP contribution in [0.3, 0.4) is 0 Å². The van der Waals surface area contributed by atoms with Crippen LogP contribution in [-0.2, 0) is 13.5 Å². The molecule has 0 bridgehead atoms. The molecule has 0 radical (unpaired) electrons. The van der Waals surface area contributed by atoms with E-state index in [1.165, 1.54) is 23.1 Å². The molecule has 8 heteroatoms. The molecule has 0 spiro atoms. The molecule has 0 aliphatic heterocycles. The van der Waals surface area contributed by atoms with Crippen molar-refractivity contribution in [2.45, 2.75) is 25.8 Å². The number of hydrogen-bond acceptors (Lipinski definition) is 2. The quantitative estimate of drug-likeness (QED) is 0.756. The van der Waals surface area contributed by atoms with Crippen LogP contribution in [0.2, 0.25) is 5.02 Å². The number of amides is 2. The molecule has 1 aliphatic rings. The molecule has 1 unspecified atom stereocenters. The molecule has 1 aliphatic carbocycles. The summed E-state index contributed by atoms with van der Waals surface area (Å²) in [6, 6.07) is 3.61. The largest absolute Gasteiger partial charge is 0.465 e. The topological polar surface area (TPSA) is 74.6 Å². The lowest BCUT2D eigenvalue weighted by Crippen LogP contribution is -2.33. The molecule has 6 nitrogen and oxygen atoms in total. The van der Waals surface area contributed by atoms with E-state index in [2.05, 4.69) is 17.2 Å². The van der Waals surface area contributed by atoms with E-state index in [-0.39, 0.29) is 23.5 Å².